The van der Waals surface area contributed by atoms with E-state index >= 15 is 0 Å². The maximum Gasteiger partial charge on any atom is 0.412 e. The van der Waals surface area contributed by atoms with Crippen molar-refractivity contribution in [2.45, 2.75) is 45.3 Å². The van der Waals surface area contributed by atoms with Gasteiger partial charge in [-0.3, -0.25) is 5.32 Å². The molecule has 1 aliphatic rings. The average Bonchev–Trinajstić information content (AvgIpc) is 2.41. The summed E-state index contributed by atoms with van der Waals surface area (Å²) < 4.78 is 11.1. The van der Waals surface area contributed by atoms with Gasteiger partial charge >= 0.3 is 6.09 Å². The van der Waals surface area contributed by atoms with Gasteiger partial charge in [-0.25, -0.2) is 4.79 Å². The first-order chi connectivity index (χ1) is 10.3. The van der Waals surface area contributed by atoms with Gasteiger partial charge < -0.3 is 14.8 Å². The van der Waals surface area contributed by atoms with Crippen LogP contribution >= 0.6 is 11.6 Å². The first-order valence-electron chi connectivity index (χ1n) is 7.50. The molecule has 0 saturated carbocycles. The van der Waals surface area contributed by atoms with Crippen molar-refractivity contribution in [1.82, 2.24) is 5.32 Å². The van der Waals surface area contributed by atoms with E-state index in [1.165, 1.54) is 0 Å². The first-order valence-corrected chi connectivity index (χ1v) is 7.88. The van der Waals surface area contributed by atoms with Crippen LogP contribution in [0.1, 0.15) is 33.6 Å². The van der Waals surface area contributed by atoms with Crippen molar-refractivity contribution in [3.8, 4) is 5.75 Å². The molecule has 2 N–H and O–H groups in total. The van der Waals surface area contributed by atoms with Crippen LogP contribution < -0.4 is 15.4 Å². The second-order valence-corrected chi connectivity index (χ2v) is 6.77. The van der Waals surface area contributed by atoms with Crippen LogP contribution in [0.5, 0.6) is 5.75 Å². The maximum absolute atomic E-state index is 11.7. The minimum Gasteiger partial charge on any atom is -0.488 e. The van der Waals surface area contributed by atoms with E-state index < -0.39 is 11.7 Å². The Bertz CT molecular complexity index is 523. The second kappa shape index (κ2) is 7.20. The lowest BCUT2D eigenvalue weighted by Crippen LogP contribution is -2.37. The molecule has 2 rings (SSSR count). The van der Waals surface area contributed by atoms with Gasteiger partial charge in [-0.05, 0) is 58.4 Å². The molecule has 1 atom stereocenters. The van der Waals surface area contributed by atoms with E-state index in [1.807, 2.05) is 20.8 Å². The number of rotatable bonds is 3. The quantitative estimate of drug-likeness (QED) is 0.886. The van der Waals surface area contributed by atoms with Crippen molar-refractivity contribution in [2.75, 3.05) is 18.4 Å². The topological polar surface area (TPSA) is 59.6 Å². The third kappa shape index (κ3) is 5.39. The minimum atomic E-state index is -0.537. The van der Waals surface area contributed by atoms with Gasteiger partial charge in [0, 0.05) is 12.2 Å². The van der Waals surface area contributed by atoms with Gasteiger partial charge in [0.25, 0.3) is 0 Å². The average molecular weight is 327 g/mol. The summed E-state index contributed by atoms with van der Waals surface area (Å²) in [5, 5.41) is 6.42. The molecule has 1 aromatic carbocycles. The van der Waals surface area contributed by atoms with E-state index in [2.05, 4.69) is 10.6 Å². The van der Waals surface area contributed by atoms with Gasteiger partial charge in [-0.2, -0.15) is 0 Å². The predicted molar refractivity (Wildman–Crippen MR) is 87.8 cm³/mol. The van der Waals surface area contributed by atoms with Crippen molar-refractivity contribution in [3.63, 3.8) is 0 Å². The zero-order valence-electron chi connectivity index (χ0n) is 13.2. The van der Waals surface area contributed by atoms with Gasteiger partial charge in [-0.1, -0.05) is 11.6 Å². The smallest absolute Gasteiger partial charge is 0.412 e. The number of hydrogen-bond donors (Lipinski definition) is 2. The number of nitrogens with one attached hydrogen (secondary N) is 2. The number of ether oxygens (including phenoxy) is 2. The summed E-state index contributed by atoms with van der Waals surface area (Å²) in [6.07, 6.45) is 1.74. The zero-order valence-corrected chi connectivity index (χ0v) is 14.0. The SMILES string of the molecule is CC(C)(C)OC(=O)Nc1ccc(OC2CCCNC2)c(Cl)c1. The fraction of sp³-hybridized carbons (Fsp3) is 0.562. The number of benzene rings is 1. The predicted octanol–water partition coefficient (Wildman–Crippen LogP) is 3.82. The van der Waals surface area contributed by atoms with Crippen LogP contribution in [0, 0.1) is 0 Å². The Morgan fingerprint density at radius 2 is 2.18 bits per heavy atom. The van der Waals surface area contributed by atoms with E-state index in [4.69, 9.17) is 21.1 Å². The summed E-state index contributed by atoms with van der Waals surface area (Å²) in [6.45, 7) is 7.30. The van der Waals surface area contributed by atoms with Gasteiger partial charge in [-0.15, -0.1) is 0 Å². The normalized spacial score (nSPS) is 18.6. The van der Waals surface area contributed by atoms with E-state index in [0.717, 1.165) is 25.9 Å². The molecule has 1 unspecified atom stereocenters. The monoisotopic (exact) mass is 326 g/mol. The molecule has 1 aliphatic heterocycles. The number of amides is 1. The minimum absolute atomic E-state index is 0.135. The van der Waals surface area contributed by atoms with Gasteiger partial charge in [0.1, 0.15) is 17.5 Å². The molecule has 122 valence electrons. The number of anilines is 1. The molecule has 0 aliphatic carbocycles. The number of halogens is 1. The van der Waals surface area contributed by atoms with Gasteiger partial charge in [0.2, 0.25) is 0 Å². The Morgan fingerprint density at radius 1 is 1.41 bits per heavy atom. The lowest BCUT2D eigenvalue weighted by atomic mass is 10.1. The van der Waals surface area contributed by atoms with Crippen LogP contribution in [0.2, 0.25) is 5.02 Å². The summed E-state index contributed by atoms with van der Waals surface area (Å²) in [5.41, 5.74) is 0.0404. The molecule has 0 spiro atoms. The first kappa shape index (κ1) is 16.9. The van der Waals surface area contributed by atoms with Crippen LogP contribution in [-0.2, 0) is 4.74 Å². The molecule has 0 radical (unpaired) electrons. The number of hydrogen-bond acceptors (Lipinski definition) is 4. The van der Waals surface area contributed by atoms with Crippen LogP contribution in [-0.4, -0.2) is 30.9 Å². The molecule has 1 fully saturated rings. The lowest BCUT2D eigenvalue weighted by molar-refractivity contribution is 0.0636. The van der Waals surface area contributed by atoms with E-state index in [9.17, 15) is 4.79 Å². The zero-order chi connectivity index (χ0) is 16.2. The van der Waals surface area contributed by atoms with Crippen molar-refractivity contribution in [3.05, 3.63) is 23.2 Å². The Balaban J connectivity index is 1.95. The highest BCUT2D eigenvalue weighted by Crippen LogP contribution is 2.29. The summed E-state index contributed by atoms with van der Waals surface area (Å²) in [4.78, 5) is 11.7. The maximum atomic E-state index is 11.7. The Labute approximate surface area is 136 Å². The fourth-order valence-electron chi connectivity index (χ4n) is 2.20. The highest BCUT2D eigenvalue weighted by Gasteiger charge is 2.18. The van der Waals surface area contributed by atoms with E-state index in [0.29, 0.717) is 16.5 Å². The third-order valence-corrected chi connectivity index (χ3v) is 3.42. The Kier molecular flexibility index (Phi) is 5.53. The Hall–Kier alpha value is -1.46. The van der Waals surface area contributed by atoms with Gasteiger partial charge in [0.05, 0.1) is 5.02 Å². The molecular weight excluding hydrogens is 304 g/mol. The molecular formula is C16H23ClN2O3. The molecule has 1 heterocycles. The molecule has 1 aromatic rings. The van der Waals surface area contributed by atoms with Crippen molar-refractivity contribution >= 4 is 23.4 Å². The largest absolute Gasteiger partial charge is 0.488 e. The van der Waals surface area contributed by atoms with Crippen molar-refractivity contribution in [2.24, 2.45) is 0 Å². The molecule has 1 saturated heterocycles. The summed E-state index contributed by atoms with van der Waals surface area (Å²) >= 11 is 6.23. The van der Waals surface area contributed by atoms with Gasteiger partial charge in [0.15, 0.2) is 0 Å². The fourth-order valence-corrected chi connectivity index (χ4v) is 2.42. The summed E-state index contributed by atoms with van der Waals surface area (Å²) in [5.74, 6) is 0.630. The highest BCUT2D eigenvalue weighted by atomic mass is 35.5. The van der Waals surface area contributed by atoms with Crippen molar-refractivity contribution < 1.29 is 14.3 Å². The highest BCUT2D eigenvalue weighted by molar-refractivity contribution is 6.32. The molecule has 5 nitrogen and oxygen atoms in total. The molecule has 1 amide bonds. The number of carbonyl (C=O) groups is 1. The van der Waals surface area contributed by atoms with E-state index in [1.54, 1.807) is 18.2 Å². The number of carbonyl (C=O) groups excluding carboxylic acids is 1. The van der Waals surface area contributed by atoms with Crippen LogP contribution in [0.25, 0.3) is 0 Å². The van der Waals surface area contributed by atoms with Crippen LogP contribution in [0.3, 0.4) is 0 Å². The standard InChI is InChI=1S/C16H23ClN2O3/c1-16(2,3)22-15(20)19-11-6-7-14(13(17)9-11)21-12-5-4-8-18-10-12/h6-7,9,12,18H,4-5,8,10H2,1-3H3,(H,19,20). The Morgan fingerprint density at radius 3 is 2.77 bits per heavy atom. The summed E-state index contributed by atoms with van der Waals surface area (Å²) in [6, 6.07) is 5.18. The third-order valence-electron chi connectivity index (χ3n) is 3.12. The molecule has 6 heteroatoms. The lowest BCUT2D eigenvalue weighted by Gasteiger charge is -2.24. The molecule has 22 heavy (non-hydrogen) atoms. The van der Waals surface area contributed by atoms with Crippen LogP contribution in [0.4, 0.5) is 10.5 Å². The molecule has 0 bridgehead atoms. The van der Waals surface area contributed by atoms with E-state index in [-0.39, 0.29) is 6.10 Å². The number of piperidine rings is 1. The second-order valence-electron chi connectivity index (χ2n) is 6.36. The summed E-state index contributed by atoms with van der Waals surface area (Å²) in [7, 11) is 0. The molecule has 0 aromatic heterocycles. The van der Waals surface area contributed by atoms with Crippen LogP contribution in [0.15, 0.2) is 18.2 Å². The van der Waals surface area contributed by atoms with Crippen molar-refractivity contribution in [1.29, 1.82) is 0 Å².